The second-order valence-corrected chi connectivity index (χ2v) is 6.95. The zero-order valence-corrected chi connectivity index (χ0v) is 12.9. The van der Waals surface area contributed by atoms with Crippen LogP contribution in [0.15, 0.2) is 0 Å². The maximum Gasteiger partial charge on any atom is 0.221 e. The fourth-order valence-corrected chi connectivity index (χ4v) is 3.21. The zero-order chi connectivity index (χ0) is 14.2. The maximum atomic E-state index is 11.8. The van der Waals surface area contributed by atoms with Crippen molar-refractivity contribution < 1.29 is 13.2 Å². The summed E-state index contributed by atoms with van der Waals surface area (Å²) in [7, 11) is -3.47. The first-order chi connectivity index (χ1) is 8.31. The van der Waals surface area contributed by atoms with Gasteiger partial charge in [0.05, 0.1) is 11.6 Å². The van der Waals surface area contributed by atoms with E-state index in [0.717, 1.165) is 6.42 Å². The summed E-state index contributed by atoms with van der Waals surface area (Å²) in [5.74, 6) is 0.584. The van der Waals surface area contributed by atoms with Crippen molar-refractivity contribution in [3.05, 3.63) is 0 Å². The van der Waals surface area contributed by atoms with E-state index < -0.39 is 15.3 Å². The molecule has 0 aromatic rings. The first-order valence-corrected chi connectivity index (χ1v) is 8.12. The average molecular weight is 296 g/mol. The molecule has 0 bridgehead atoms. The summed E-state index contributed by atoms with van der Waals surface area (Å²) < 4.78 is 31.4. The van der Waals surface area contributed by atoms with E-state index in [4.69, 9.17) is 22.7 Å². The van der Waals surface area contributed by atoms with Gasteiger partial charge >= 0.3 is 0 Å². The highest BCUT2D eigenvalue weighted by atomic mass is 32.2. The molecule has 0 aliphatic rings. The van der Waals surface area contributed by atoms with Crippen molar-refractivity contribution in [2.75, 3.05) is 19.8 Å². The maximum absolute atomic E-state index is 11.8. The Labute approximate surface area is 116 Å². The second kappa shape index (κ2) is 8.79. The smallest absolute Gasteiger partial charge is 0.221 e. The highest BCUT2D eigenvalue weighted by Crippen LogP contribution is 2.04. The summed E-state index contributed by atoms with van der Waals surface area (Å²) >= 11 is 4.74. The van der Waals surface area contributed by atoms with E-state index in [-0.39, 0.29) is 11.5 Å². The molecule has 0 saturated carbocycles. The van der Waals surface area contributed by atoms with Gasteiger partial charge in [-0.05, 0) is 18.8 Å². The van der Waals surface area contributed by atoms with Crippen molar-refractivity contribution in [1.29, 1.82) is 0 Å². The number of nitrogens with two attached hydrogens (primary N) is 1. The number of hydrogen-bond donors (Lipinski definition) is 2. The van der Waals surface area contributed by atoms with E-state index in [1.807, 2.05) is 0 Å². The first kappa shape index (κ1) is 17.8. The minimum absolute atomic E-state index is 0.00530. The molecule has 0 heterocycles. The van der Waals surface area contributed by atoms with Crippen LogP contribution in [0.4, 0.5) is 0 Å². The molecule has 0 aliphatic heterocycles. The molecule has 0 aliphatic carbocycles. The fourth-order valence-electron chi connectivity index (χ4n) is 1.35. The normalized spacial score (nSPS) is 13.8. The van der Waals surface area contributed by atoms with Gasteiger partial charge in [0.2, 0.25) is 10.0 Å². The van der Waals surface area contributed by atoms with Crippen LogP contribution >= 0.6 is 12.2 Å². The summed E-state index contributed by atoms with van der Waals surface area (Å²) in [6.07, 6.45) is 1.34. The molecule has 0 fully saturated rings. The van der Waals surface area contributed by atoms with Crippen LogP contribution in [0.3, 0.4) is 0 Å². The Kier molecular flexibility index (Phi) is 8.67. The molecule has 18 heavy (non-hydrogen) atoms. The number of thiocarbonyl (C=S) groups is 1. The fraction of sp³-hybridized carbons (Fsp3) is 0.909. The Morgan fingerprint density at radius 1 is 1.39 bits per heavy atom. The Morgan fingerprint density at radius 3 is 2.44 bits per heavy atom. The van der Waals surface area contributed by atoms with Crippen LogP contribution in [0.5, 0.6) is 0 Å². The lowest BCUT2D eigenvalue weighted by Gasteiger charge is -2.15. The SMILES string of the molecule is CCC(C(N)=S)S(=O)(=O)NCCOCCC(C)C. The predicted octanol–water partition coefficient (Wildman–Crippen LogP) is 1.03. The van der Waals surface area contributed by atoms with Crippen molar-refractivity contribution >= 4 is 27.2 Å². The van der Waals surface area contributed by atoms with Crippen LogP contribution in [0.1, 0.15) is 33.6 Å². The predicted molar refractivity (Wildman–Crippen MR) is 78.1 cm³/mol. The van der Waals surface area contributed by atoms with Gasteiger partial charge in [-0.2, -0.15) is 0 Å². The number of sulfonamides is 1. The van der Waals surface area contributed by atoms with Gasteiger partial charge in [-0.15, -0.1) is 0 Å². The van der Waals surface area contributed by atoms with Crippen LogP contribution in [0, 0.1) is 5.92 Å². The molecule has 0 aromatic heterocycles. The van der Waals surface area contributed by atoms with E-state index in [2.05, 4.69) is 18.6 Å². The Balaban J connectivity index is 3.94. The monoisotopic (exact) mass is 296 g/mol. The lowest BCUT2D eigenvalue weighted by molar-refractivity contribution is 0.128. The van der Waals surface area contributed by atoms with Gasteiger partial charge in [-0.3, -0.25) is 0 Å². The summed E-state index contributed by atoms with van der Waals surface area (Å²) in [4.78, 5) is 0.00530. The minimum atomic E-state index is -3.47. The van der Waals surface area contributed by atoms with E-state index in [1.54, 1.807) is 6.92 Å². The first-order valence-electron chi connectivity index (χ1n) is 6.16. The van der Waals surface area contributed by atoms with Crippen LogP contribution in [-0.4, -0.2) is 38.4 Å². The molecule has 0 spiro atoms. The molecule has 0 saturated heterocycles. The molecule has 0 aromatic carbocycles. The van der Waals surface area contributed by atoms with Gasteiger partial charge in [0.15, 0.2) is 0 Å². The number of hydrogen-bond acceptors (Lipinski definition) is 4. The van der Waals surface area contributed by atoms with Gasteiger partial charge in [-0.25, -0.2) is 13.1 Å². The quantitative estimate of drug-likeness (QED) is 0.465. The highest BCUT2D eigenvalue weighted by molar-refractivity contribution is 7.93. The topological polar surface area (TPSA) is 81.4 Å². The highest BCUT2D eigenvalue weighted by Gasteiger charge is 2.25. The van der Waals surface area contributed by atoms with Gasteiger partial charge in [-0.1, -0.05) is 33.0 Å². The zero-order valence-electron chi connectivity index (χ0n) is 11.3. The van der Waals surface area contributed by atoms with Gasteiger partial charge in [0.25, 0.3) is 0 Å². The third-order valence-electron chi connectivity index (χ3n) is 2.45. The summed E-state index contributed by atoms with van der Waals surface area (Å²) in [5.41, 5.74) is 5.40. The summed E-state index contributed by atoms with van der Waals surface area (Å²) in [6, 6.07) is 0. The third kappa shape index (κ3) is 7.25. The molecule has 0 radical (unpaired) electrons. The van der Waals surface area contributed by atoms with Gasteiger partial charge < -0.3 is 10.5 Å². The Morgan fingerprint density at radius 2 is 2.00 bits per heavy atom. The number of ether oxygens (including phenoxy) is 1. The molecule has 3 N–H and O–H groups in total. The van der Waals surface area contributed by atoms with Crippen LogP contribution in [0.25, 0.3) is 0 Å². The molecule has 108 valence electrons. The molecular formula is C11H24N2O3S2. The summed E-state index contributed by atoms with van der Waals surface area (Å²) in [6.45, 7) is 7.22. The molecule has 7 heteroatoms. The molecule has 0 amide bonds. The van der Waals surface area contributed by atoms with Gasteiger partial charge in [0.1, 0.15) is 5.25 Å². The molecule has 1 unspecified atom stereocenters. The Hall–Kier alpha value is -0.240. The van der Waals surface area contributed by atoms with Crippen molar-refractivity contribution in [3.63, 3.8) is 0 Å². The van der Waals surface area contributed by atoms with Crippen LogP contribution in [-0.2, 0) is 14.8 Å². The molecule has 5 nitrogen and oxygen atoms in total. The van der Waals surface area contributed by atoms with Crippen LogP contribution in [0.2, 0.25) is 0 Å². The van der Waals surface area contributed by atoms with Crippen molar-refractivity contribution in [1.82, 2.24) is 4.72 Å². The van der Waals surface area contributed by atoms with E-state index in [0.29, 0.717) is 25.6 Å². The number of nitrogens with one attached hydrogen (secondary N) is 1. The van der Waals surface area contributed by atoms with Crippen molar-refractivity contribution in [2.24, 2.45) is 11.7 Å². The number of rotatable bonds is 10. The molecule has 0 rings (SSSR count). The lowest BCUT2D eigenvalue weighted by Crippen LogP contribution is -2.42. The van der Waals surface area contributed by atoms with E-state index in [1.165, 1.54) is 0 Å². The minimum Gasteiger partial charge on any atom is -0.392 e. The van der Waals surface area contributed by atoms with Crippen LogP contribution < -0.4 is 10.5 Å². The Bertz CT molecular complexity index is 342. The van der Waals surface area contributed by atoms with E-state index >= 15 is 0 Å². The largest absolute Gasteiger partial charge is 0.392 e. The molecular weight excluding hydrogens is 272 g/mol. The average Bonchev–Trinajstić information content (AvgIpc) is 2.22. The van der Waals surface area contributed by atoms with Crippen molar-refractivity contribution in [3.8, 4) is 0 Å². The van der Waals surface area contributed by atoms with Crippen molar-refractivity contribution in [2.45, 2.75) is 38.9 Å². The standard InChI is InChI=1S/C11H24N2O3S2/c1-4-10(11(12)17)18(14,15)13-6-8-16-7-5-9(2)3/h9-10,13H,4-8H2,1-3H3,(H2,12,17). The molecule has 1 atom stereocenters. The van der Waals surface area contributed by atoms with E-state index in [9.17, 15) is 8.42 Å². The third-order valence-corrected chi connectivity index (χ3v) is 4.83. The second-order valence-electron chi connectivity index (χ2n) is 4.53. The lowest BCUT2D eigenvalue weighted by atomic mass is 10.1. The van der Waals surface area contributed by atoms with Gasteiger partial charge in [0, 0.05) is 13.2 Å². The summed E-state index contributed by atoms with van der Waals surface area (Å²) in [5, 5.41) is -0.803.